The van der Waals surface area contributed by atoms with Gasteiger partial charge in [0.2, 0.25) is 0 Å². The van der Waals surface area contributed by atoms with Crippen LogP contribution in [-0.4, -0.2) is 73.9 Å². The molecule has 2 aliphatic heterocycles. The highest BCUT2D eigenvalue weighted by atomic mass is 16.3. The number of likely N-dealkylation sites (tertiary alicyclic amines) is 1. The van der Waals surface area contributed by atoms with E-state index in [1.54, 1.807) is 0 Å². The number of β-amino-alcohol motifs (C(OH)–C–C–N with tert-alkyl or cyclic N) is 1. The van der Waals surface area contributed by atoms with Crippen LogP contribution in [0.1, 0.15) is 12.8 Å². The van der Waals surface area contributed by atoms with Crippen LogP contribution in [0.3, 0.4) is 0 Å². The van der Waals surface area contributed by atoms with E-state index in [9.17, 15) is 5.11 Å². The monoisotopic (exact) mass is 227 g/mol. The fourth-order valence-electron chi connectivity index (χ4n) is 2.89. The normalized spacial score (nSPS) is 33.8. The van der Waals surface area contributed by atoms with Crippen molar-refractivity contribution < 1.29 is 5.11 Å². The van der Waals surface area contributed by atoms with E-state index in [4.69, 9.17) is 0 Å². The van der Waals surface area contributed by atoms with Crippen molar-refractivity contribution >= 4 is 0 Å². The van der Waals surface area contributed by atoms with E-state index < -0.39 is 0 Å². The number of rotatable bonds is 3. The summed E-state index contributed by atoms with van der Waals surface area (Å²) in [6, 6.07) is 0.319. The summed E-state index contributed by atoms with van der Waals surface area (Å²) in [7, 11) is 4.35. The summed E-state index contributed by atoms with van der Waals surface area (Å²) >= 11 is 0. The van der Waals surface area contributed by atoms with E-state index in [2.05, 4.69) is 29.2 Å². The molecule has 0 aromatic heterocycles. The summed E-state index contributed by atoms with van der Waals surface area (Å²) < 4.78 is 0. The zero-order chi connectivity index (χ0) is 11.5. The fourth-order valence-corrected chi connectivity index (χ4v) is 2.89. The molecule has 0 saturated carbocycles. The van der Waals surface area contributed by atoms with Gasteiger partial charge in [-0.25, -0.2) is 0 Å². The average molecular weight is 227 g/mol. The second-order valence-electron chi connectivity index (χ2n) is 5.48. The lowest BCUT2D eigenvalue weighted by Gasteiger charge is -2.34. The Kier molecular flexibility index (Phi) is 4.19. The molecule has 2 atom stereocenters. The molecule has 2 rings (SSSR count). The van der Waals surface area contributed by atoms with Gasteiger partial charge in [-0.2, -0.15) is 0 Å². The predicted molar refractivity (Wildman–Crippen MR) is 65.5 cm³/mol. The van der Waals surface area contributed by atoms with Gasteiger partial charge in [-0.05, 0) is 45.9 Å². The van der Waals surface area contributed by atoms with Gasteiger partial charge in [-0.1, -0.05) is 0 Å². The predicted octanol–water partition coefficient (Wildman–Crippen LogP) is -0.407. The summed E-state index contributed by atoms with van der Waals surface area (Å²) in [5.41, 5.74) is 0. The minimum absolute atomic E-state index is 0.184. The number of hydrogen-bond acceptors (Lipinski definition) is 4. The quantitative estimate of drug-likeness (QED) is 0.688. The number of piperidine rings is 1. The highest BCUT2D eigenvalue weighted by Crippen LogP contribution is 2.19. The van der Waals surface area contributed by atoms with Crippen molar-refractivity contribution in [1.82, 2.24) is 15.1 Å². The summed E-state index contributed by atoms with van der Waals surface area (Å²) in [5, 5.41) is 13.1. The van der Waals surface area contributed by atoms with Gasteiger partial charge < -0.3 is 15.3 Å². The van der Waals surface area contributed by atoms with E-state index in [0.717, 1.165) is 25.6 Å². The number of likely N-dealkylation sites (N-methyl/N-ethyl adjacent to an activating group) is 1. The molecule has 0 spiro atoms. The molecule has 4 nitrogen and oxygen atoms in total. The Hall–Kier alpha value is -0.160. The molecule has 0 aromatic carbocycles. The number of hydrogen-bond donors (Lipinski definition) is 2. The molecule has 94 valence electrons. The van der Waals surface area contributed by atoms with Gasteiger partial charge in [0.05, 0.1) is 6.10 Å². The van der Waals surface area contributed by atoms with Gasteiger partial charge in [0.1, 0.15) is 0 Å². The fraction of sp³-hybridized carbons (Fsp3) is 1.00. The highest BCUT2D eigenvalue weighted by Gasteiger charge is 2.30. The largest absolute Gasteiger partial charge is 0.390 e. The van der Waals surface area contributed by atoms with Crippen LogP contribution < -0.4 is 5.32 Å². The van der Waals surface area contributed by atoms with Crippen LogP contribution in [-0.2, 0) is 0 Å². The molecule has 0 aromatic rings. The van der Waals surface area contributed by atoms with Gasteiger partial charge >= 0.3 is 0 Å². The van der Waals surface area contributed by atoms with Crippen LogP contribution in [0.25, 0.3) is 0 Å². The number of aliphatic hydroxyl groups is 1. The lowest BCUT2D eigenvalue weighted by molar-refractivity contribution is 0.0792. The van der Waals surface area contributed by atoms with Gasteiger partial charge in [0.25, 0.3) is 0 Å². The van der Waals surface area contributed by atoms with Crippen molar-refractivity contribution in [2.24, 2.45) is 5.92 Å². The van der Waals surface area contributed by atoms with Crippen LogP contribution in [0.15, 0.2) is 0 Å². The minimum Gasteiger partial charge on any atom is -0.390 e. The Morgan fingerprint density at radius 2 is 2.00 bits per heavy atom. The van der Waals surface area contributed by atoms with Gasteiger partial charge in [-0.3, -0.25) is 4.90 Å². The second kappa shape index (κ2) is 5.45. The molecule has 4 heteroatoms. The third-order valence-corrected chi connectivity index (χ3v) is 4.10. The maximum Gasteiger partial charge on any atom is 0.0831 e. The first-order chi connectivity index (χ1) is 7.66. The first kappa shape index (κ1) is 12.3. The Bertz CT molecular complexity index is 216. The molecular weight excluding hydrogens is 202 g/mol. The maximum absolute atomic E-state index is 9.82. The molecular formula is C12H25N3O. The molecule has 2 fully saturated rings. The van der Waals surface area contributed by atoms with E-state index in [-0.39, 0.29) is 6.10 Å². The first-order valence-electron chi connectivity index (χ1n) is 6.44. The van der Waals surface area contributed by atoms with Crippen LogP contribution >= 0.6 is 0 Å². The van der Waals surface area contributed by atoms with Crippen LogP contribution in [0.2, 0.25) is 0 Å². The van der Waals surface area contributed by atoms with Crippen molar-refractivity contribution in [2.75, 3.05) is 46.8 Å². The van der Waals surface area contributed by atoms with Crippen molar-refractivity contribution in [3.63, 3.8) is 0 Å². The zero-order valence-electron chi connectivity index (χ0n) is 10.5. The maximum atomic E-state index is 9.82. The molecule has 2 N–H and O–H groups in total. The topological polar surface area (TPSA) is 38.7 Å². The van der Waals surface area contributed by atoms with Crippen molar-refractivity contribution in [3.8, 4) is 0 Å². The van der Waals surface area contributed by atoms with Gasteiger partial charge in [-0.15, -0.1) is 0 Å². The lowest BCUT2D eigenvalue weighted by atomic mass is 9.96. The zero-order valence-corrected chi connectivity index (χ0v) is 10.5. The van der Waals surface area contributed by atoms with E-state index in [1.165, 1.54) is 25.9 Å². The van der Waals surface area contributed by atoms with E-state index in [1.807, 2.05) is 0 Å². The smallest absolute Gasteiger partial charge is 0.0831 e. The Morgan fingerprint density at radius 1 is 1.31 bits per heavy atom. The molecule has 2 saturated heterocycles. The highest BCUT2D eigenvalue weighted by molar-refractivity contribution is 4.88. The summed E-state index contributed by atoms with van der Waals surface area (Å²) in [6.07, 6.45) is 2.42. The summed E-state index contributed by atoms with van der Waals surface area (Å²) in [5.74, 6) is 0.814. The molecule has 0 bridgehead atoms. The molecule has 0 radical (unpaired) electrons. The molecule has 2 unspecified atom stereocenters. The number of aliphatic hydroxyl groups excluding tert-OH is 1. The second-order valence-corrected chi connectivity index (χ2v) is 5.48. The number of nitrogens with zero attached hydrogens (tertiary/aromatic N) is 2. The summed E-state index contributed by atoms with van der Waals surface area (Å²) in [4.78, 5) is 4.75. The minimum atomic E-state index is -0.184. The lowest BCUT2D eigenvalue weighted by Crippen LogP contribution is -2.44. The van der Waals surface area contributed by atoms with Crippen LogP contribution in [0.4, 0.5) is 0 Å². The van der Waals surface area contributed by atoms with Crippen molar-refractivity contribution in [1.29, 1.82) is 0 Å². The third-order valence-electron chi connectivity index (χ3n) is 4.10. The molecule has 2 aliphatic rings. The van der Waals surface area contributed by atoms with E-state index >= 15 is 0 Å². The molecule has 2 heterocycles. The first-order valence-corrected chi connectivity index (χ1v) is 6.44. The van der Waals surface area contributed by atoms with Crippen molar-refractivity contribution in [3.05, 3.63) is 0 Å². The molecule has 0 aliphatic carbocycles. The standard InChI is InChI=1S/C12H25N3O/c1-14-5-3-10(4-6-14)9-15(2)11-7-13-8-12(11)16/h10-13,16H,3-9H2,1-2H3. The Balaban J connectivity index is 1.76. The summed E-state index contributed by atoms with van der Waals surface area (Å²) in [6.45, 7) is 5.28. The SMILES string of the molecule is CN1CCC(CN(C)C2CNCC2O)CC1. The van der Waals surface area contributed by atoms with Gasteiger partial charge in [0, 0.05) is 25.7 Å². The van der Waals surface area contributed by atoms with Crippen LogP contribution in [0.5, 0.6) is 0 Å². The van der Waals surface area contributed by atoms with Gasteiger partial charge in [0.15, 0.2) is 0 Å². The molecule has 0 amide bonds. The average Bonchev–Trinajstić information content (AvgIpc) is 2.68. The van der Waals surface area contributed by atoms with E-state index in [0.29, 0.717) is 6.04 Å². The Morgan fingerprint density at radius 3 is 2.56 bits per heavy atom. The Labute approximate surface area is 98.6 Å². The van der Waals surface area contributed by atoms with Crippen LogP contribution in [0, 0.1) is 5.92 Å². The van der Waals surface area contributed by atoms with Crippen molar-refractivity contribution in [2.45, 2.75) is 25.0 Å². The molecule has 16 heavy (non-hydrogen) atoms. The number of nitrogens with one attached hydrogen (secondary N) is 1. The third kappa shape index (κ3) is 2.94.